The molecule has 19 heavy (non-hydrogen) atoms. The van der Waals surface area contributed by atoms with E-state index in [-0.39, 0.29) is 11.7 Å². The molecule has 0 bridgehead atoms. The quantitative estimate of drug-likeness (QED) is 0.852. The number of thioether (sulfide) groups is 1. The van der Waals surface area contributed by atoms with Gasteiger partial charge in [0.25, 0.3) is 0 Å². The SMILES string of the molecule is O=C(CCSc1ccc(F)cc1)Nc1ccncc1. The number of rotatable bonds is 5. The van der Waals surface area contributed by atoms with Crippen LogP contribution in [0.4, 0.5) is 10.1 Å². The fraction of sp³-hybridized carbons (Fsp3) is 0.143. The fourth-order valence-corrected chi connectivity index (χ4v) is 2.30. The molecule has 1 amide bonds. The Hall–Kier alpha value is -1.88. The zero-order chi connectivity index (χ0) is 13.5. The van der Waals surface area contributed by atoms with Gasteiger partial charge in [-0.3, -0.25) is 9.78 Å². The van der Waals surface area contributed by atoms with Crippen molar-refractivity contribution < 1.29 is 9.18 Å². The third-order valence-electron chi connectivity index (χ3n) is 2.38. The molecule has 0 aliphatic heterocycles. The number of pyridine rings is 1. The first-order chi connectivity index (χ1) is 9.24. The van der Waals surface area contributed by atoms with Crippen molar-refractivity contribution in [2.45, 2.75) is 11.3 Å². The molecule has 3 nitrogen and oxygen atoms in total. The number of nitrogens with one attached hydrogen (secondary N) is 1. The van der Waals surface area contributed by atoms with Crippen LogP contribution in [0.15, 0.2) is 53.7 Å². The highest BCUT2D eigenvalue weighted by Gasteiger charge is 2.03. The zero-order valence-corrected chi connectivity index (χ0v) is 11.0. The summed E-state index contributed by atoms with van der Waals surface area (Å²) in [6.45, 7) is 0. The van der Waals surface area contributed by atoms with Crippen molar-refractivity contribution in [2.75, 3.05) is 11.1 Å². The van der Waals surface area contributed by atoms with Crippen LogP contribution in [0.2, 0.25) is 0 Å². The highest BCUT2D eigenvalue weighted by atomic mass is 32.2. The van der Waals surface area contributed by atoms with Gasteiger partial charge in [-0.1, -0.05) is 0 Å². The molecule has 0 saturated heterocycles. The van der Waals surface area contributed by atoms with Crippen LogP contribution < -0.4 is 5.32 Å². The summed E-state index contributed by atoms with van der Waals surface area (Å²) < 4.78 is 12.7. The number of benzene rings is 1. The number of hydrogen-bond donors (Lipinski definition) is 1. The molecule has 0 atom stereocenters. The van der Waals surface area contributed by atoms with E-state index in [1.165, 1.54) is 23.9 Å². The number of amides is 1. The maximum Gasteiger partial charge on any atom is 0.225 e. The van der Waals surface area contributed by atoms with Gasteiger partial charge >= 0.3 is 0 Å². The first-order valence-corrected chi connectivity index (χ1v) is 6.81. The van der Waals surface area contributed by atoms with Crippen LogP contribution in [-0.2, 0) is 4.79 Å². The van der Waals surface area contributed by atoms with Crippen LogP contribution in [-0.4, -0.2) is 16.6 Å². The standard InChI is InChI=1S/C14H13FN2OS/c15-11-1-3-13(4-2-11)19-10-7-14(18)17-12-5-8-16-9-6-12/h1-6,8-9H,7,10H2,(H,16,17,18). The number of hydrogen-bond acceptors (Lipinski definition) is 3. The lowest BCUT2D eigenvalue weighted by molar-refractivity contribution is -0.115. The summed E-state index contributed by atoms with van der Waals surface area (Å²) in [6, 6.07) is 9.73. The molecule has 0 aliphatic carbocycles. The minimum atomic E-state index is -0.250. The topological polar surface area (TPSA) is 42.0 Å². The van der Waals surface area contributed by atoms with Crippen LogP contribution in [0.3, 0.4) is 0 Å². The van der Waals surface area contributed by atoms with Crippen LogP contribution >= 0.6 is 11.8 Å². The summed E-state index contributed by atoms with van der Waals surface area (Å²) >= 11 is 1.53. The summed E-state index contributed by atoms with van der Waals surface area (Å²) in [6.07, 6.45) is 3.66. The molecule has 2 aromatic rings. The summed E-state index contributed by atoms with van der Waals surface area (Å²) in [5.74, 6) is 0.364. The van der Waals surface area contributed by atoms with E-state index in [4.69, 9.17) is 0 Å². The van der Waals surface area contributed by atoms with Crippen LogP contribution in [0, 0.1) is 5.82 Å². The highest BCUT2D eigenvalue weighted by molar-refractivity contribution is 7.99. The molecule has 1 heterocycles. The van der Waals surface area contributed by atoms with Gasteiger partial charge in [-0.2, -0.15) is 0 Å². The Morgan fingerprint density at radius 1 is 1.16 bits per heavy atom. The minimum Gasteiger partial charge on any atom is -0.326 e. The van der Waals surface area contributed by atoms with E-state index in [1.54, 1.807) is 36.7 Å². The molecule has 1 N–H and O–H groups in total. The summed E-state index contributed by atoms with van der Waals surface area (Å²) in [5.41, 5.74) is 0.742. The molecule has 2 rings (SSSR count). The summed E-state index contributed by atoms with van der Waals surface area (Å²) in [4.78, 5) is 16.5. The summed E-state index contributed by atoms with van der Waals surface area (Å²) in [5, 5.41) is 2.79. The molecule has 0 saturated carbocycles. The number of carbonyl (C=O) groups is 1. The fourth-order valence-electron chi connectivity index (χ4n) is 1.45. The van der Waals surface area contributed by atoms with Gasteiger partial charge in [0.2, 0.25) is 5.91 Å². The van der Waals surface area contributed by atoms with E-state index in [1.807, 2.05) is 0 Å². The molecule has 5 heteroatoms. The van der Waals surface area contributed by atoms with E-state index in [0.717, 1.165) is 10.6 Å². The van der Waals surface area contributed by atoms with Gasteiger partial charge in [-0.25, -0.2) is 4.39 Å². The average Bonchev–Trinajstić information content (AvgIpc) is 2.42. The van der Waals surface area contributed by atoms with Crippen molar-refractivity contribution in [1.82, 2.24) is 4.98 Å². The summed E-state index contributed by atoms with van der Waals surface area (Å²) in [7, 11) is 0. The average molecular weight is 276 g/mol. The van der Waals surface area contributed by atoms with Gasteiger partial charge < -0.3 is 5.32 Å². The van der Waals surface area contributed by atoms with Gasteiger partial charge in [-0.15, -0.1) is 11.8 Å². The number of carbonyl (C=O) groups excluding carboxylic acids is 1. The number of halogens is 1. The Balaban J connectivity index is 1.74. The van der Waals surface area contributed by atoms with Gasteiger partial charge in [0.1, 0.15) is 5.82 Å². The zero-order valence-electron chi connectivity index (χ0n) is 10.2. The van der Waals surface area contributed by atoms with Crippen molar-refractivity contribution in [3.63, 3.8) is 0 Å². The van der Waals surface area contributed by atoms with Gasteiger partial charge in [0.15, 0.2) is 0 Å². The normalized spacial score (nSPS) is 10.2. The maximum atomic E-state index is 12.7. The first-order valence-electron chi connectivity index (χ1n) is 5.82. The lowest BCUT2D eigenvalue weighted by Crippen LogP contribution is -2.12. The van der Waals surface area contributed by atoms with Crippen molar-refractivity contribution >= 4 is 23.4 Å². The molecular formula is C14H13FN2OS. The molecule has 0 spiro atoms. The predicted molar refractivity (Wildman–Crippen MR) is 74.6 cm³/mol. The van der Waals surface area contributed by atoms with E-state index in [9.17, 15) is 9.18 Å². The third kappa shape index (κ3) is 4.71. The second kappa shape index (κ2) is 6.89. The molecule has 1 aromatic carbocycles. The van der Waals surface area contributed by atoms with Crippen molar-refractivity contribution in [3.8, 4) is 0 Å². The molecule has 98 valence electrons. The van der Waals surface area contributed by atoms with Crippen LogP contribution in [0.1, 0.15) is 6.42 Å². The molecule has 0 unspecified atom stereocenters. The van der Waals surface area contributed by atoms with Gasteiger partial charge in [0.05, 0.1) is 0 Å². The number of aromatic nitrogens is 1. The Bertz CT molecular complexity index is 531. The van der Waals surface area contributed by atoms with E-state index in [0.29, 0.717) is 12.2 Å². The van der Waals surface area contributed by atoms with Crippen LogP contribution in [0.25, 0.3) is 0 Å². The van der Waals surface area contributed by atoms with Crippen LogP contribution in [0.5, 0.6) is 0 Å². The second-order valence-corrected chi connectivity index (χ2v) is 5.00. The first kappa shape index (κ1) is 13.5. The van der Waals surface area contributed by atoms with Crippen molar-refractivity contribution in [3.05, 3.63) is 54.6 Å². The smallest absolute Gasteiger partial charge is 0.225 e. The lowest BCUT2D eigenvalue weighted by Gasteiger charge is -2.04. The van der Waals surface area contributed by atoms with E-state index >= 15 is 0 Å². The molecule has 0 fully saturated rings. The highest BCUT2D eigenvalue weighted by Crippen LogP contribution is 2.19. The number of nitrogens with zero attached hydrogens (tertiary/aromatic N) is 1. The molecule has 0 radical (unpaired) electrons. The maximum absolute atomic E-state index is 12.7. The Labute approximate surface area is 115 Å². The monoisotopic (exact) mass is 276 g/mol. The Kier molecular flexibility index (Phi) is 4.92. The third-order valence-corrected chi connectivity index (χ3v) is 3.39. The lowest BCUT2D eigenvalue weighted by atomic mass is 10.3. The number of anilines is 1. The van der Waals surface area contributed by atoms with Gasteiger partial charge in [-0.05, 0) is 36.4 Å². The predicted octanol–water partition coefficient (Wildman–Crippen LogP) is 3.34. The van der Waals surface area contributed by atoms with Crippen molar-refractivity contribution in [2.24, 2.45) is 0 Å². The molecule has 0 aliphatic rings. The molecular weight excluding hydrogens is 263 g/mol. The van der Waals surface area contributed by atoms with Gasteiger partial charge in [0, 0.05) is 35.2 Å². The van der Waals surface area contributed by atoms with E-state index < -0.39 is 0 Å². The molecule has 1 aromatic heterocycles. The van der Waals surface area contributed by atoms with E-state index in [2.05, 4.69) is 10.3 Å². The largest absolute Gasteiger partial charge is 0.326 e. The Morgan fingerprint density at radius 2 is 1.84 bits per heavy atom. The Morgan fingerprint density at radius 3 is 2.53 bits per heavy atom. The second-order valence-electron chi connectivity index (χ2n) is 3.84. The minimum absolute atomic E-state index is 0.0409. The van der Waals surface area contributed by atoms with Crippen molar-refractivity contribution in [1.29, 1.82) is 0 Å².